The number of nitrogens with one attached hydrogen (secondary N) is 1. The van der Waals surface area contributed by atoms with Crippen LogP contribution in [0.5, 0.6) is 0 Å². The van der Waals surface area contributed by atoms with Crippen LogP contribution < -0.4 is 5.32 Å². The summed E-state index contributed by atoms with van der Waals surface area (Å²) in [5.41, 5.74) is 1.27. The number of benzene rings is 1. The maximum Gasteiger partial charge on any atom is 0.138 e. The van der Waals surface area contributed by atoms with E-state index in [1.807, 2.05) is 23.9 Å². The van der Waals surface area contributed by atoms with E-state index in [0.29, 0.717) is 5.92 Å². The first-order chi connectivity index (χ1) is 9.20. The number of aromatic nitrogens is 3. The average molecular weight is 279 g/mol. The minimum Gasteiger partial charge on any atom is -0.316 e. The van der Waals surface area contributed by atoms with Crippen molar-refractivity contribution >= 4 is 11.6 Å². The van der Waals surface area contributed by atoms with Gasteiger partial charge in [-0.15, -0.1) is 0 Å². The van der Waals surface area contributed by atoms with Gasteiger partial charge >= 0.3 is 0 Å². The van der Waals surface area contributed by atoms with Gasteiger partial charge in [-0.25, -0.2) is 4.98 Å². The van der Waals surface area contributed by atoms with E-state index in [4.69, 9.17) is 11.6 Å². The highest BCUT2D eigenvalue weighted by atomic mass is 35.5. The average Bonchev–Trinajstić information content (AvgIpc) is 2.81. The second-order valence-electron chi connectivity index (χ2n) is 4.56. The van der Waals surface area contributed by atoms with Gasteiger partial charge in [0, 0.05) is 31.0 Å². The molecule has 1 atom stereocenters. The fourth-order valence-corrected chi connectivity index (χ4v) is 2.21. The quantitative estimate of drug-likeness (QED) is 0.882. The zero-order valence-corrected chi connectivity index (χ0v) is 12.1. The largest absolute Gasteiger partial charge is 0.316 e. The van der Waals surface area contributed by atoms with E-state index in [1.165, 1.54) is 5.56 Å². The Hall–Kier alpha value is -1.39. The third kappa shape index (κ3) is 3.78. The van der Waals surface area contributed by atoms with E-state index in [9.17, 15) is 0 Å². The van der Waals surface area contributed by atoms with Gasteiger partial charge in [-0.3, -0.25) is 4.68 Å². The lowest BCUT2D eigenvalue weighted by Gasteiger charge is -2.17. The Morgan fingerprint density at radius 3 is 2.63 bits per heavy atom. The van der Waals surface area contributed by atoms with Crippen LogP contribution >= 0.6 is 11.6 Å². The molecular weight excluding hydrogens is 260 g/mol. The maximum absolute atomic E-state index is 5.95. The summed E-state index contributed by atoms with van der Waals surface area (Å²) in [4.78, 5) is 4.30. The van der Waals surface area contributed by atoms with E-state index in [2.05, 4.69) is 34.5 Å². The van der Waals surface area contributed by atoms with Crippen LogP contribution in [0.25, 0.3) is 0 Å². The first kappa shape index (κ1) is 14.0. The number of hydrogen-bond acceptors (Lipinski definition) is 3. The molecule has 1 heterocycles. The van der Waals surface area contributed by atoms with Crippen LogP contribution in [0, 0.1) is 0 Å². The Bertz CT molecular complexity index is 506. The minimum absolute atomic E-state index is 0.375. The van der Waals surface area contributed by atoms with Crippen LogP contribution in [-0.4, -0.2) is 27.9 Å². The van der Waals surface area contributed by atoms with Crippen molar-refractivity contribution in [1.29, 1.82) is 0 Å². The molecule has 0 spiro atoms. The molecule has 0 aliphatic heterocycles. The van der Waals surface area contributed by atoms with Crippen LogP contribution in [-0.2, 0) is 13.5 Å². The van der Waals surface area contributed by atoms with Crippen molar-refractivity contribution < 1.29 is 0 Å². The maximum atomic E-state index is 5.95. The van der Waals surface area contributed by atoms with Gasteiger partial charge in [-0.1, -0.05) is 30.7 Å². The summed E-state index contributed by atoms with van der Waals surface area (Å²) < 4.78 is 1.83. The van der Waals surface area contributed by atoms with Gasteiger partial charge in [0.2, 0.25) is 0 Å². The van der Waals surface area contributed by atoms with Crippen LogP contribution in [0.3, 0.4) is 0 Å². The summed E-state index contributed by atoms with van der Waals surface area (Å²) in [7, 11) is 1.93. The smallest absolute Gasteiger partial charge is 0.138 e. The second-order valence-corrected chi connectivity index (χ2v) is 5.00. The molecule has 0 bridgehead atoms. The van der Waals surface area contributed by atoms with Crippen molar-refractivity contribution in [1.82, 2.24) is 20.1 Å². The molecule has 1 aromatic carbocycles. The normalized spacial score (nSPS) is 12.6. The summed E-state index contributed by atoms with van der Waals surface area (Å²) in [5, 5.41) is 8.29. The van der Waals surface area contributed by atoms with Gasteiger partial charge in [0.05, 0.1) is 0 Å². The molecule has 1 aromatic heterocycles. The predicted octanol–water partition coefficient (Wildman–Crippen LogP) is 2.40. The summed E-state index contributed by atoms with van der Waals surface area (Å²) in [6, 6.07) is 8.04. The molecule has 0 saturated heterocycles. The zero-order chi connectivity index (χ0) is 13.7. The molecule has 2 aromatic rings. The Morgan fingerprint density at radius 1 is 1.32 bits per heavy atom. The summed E-state index contributed by atoms with van der Waals surface area (Å²) in [6.45, 7) is 4.00. The molecule has 0 aliphatic rings. The monoisotopic (exact) mass is 278 g/mol. The Morgan fingerprint density at radius 2 is 2.05 bits per heavy atom. The minimum atomic E-state index is 0.375. The highest BCUT2D eigenvalue weighted by Crippen LogP contribution is 2.21. The fraction of sp³-hybridized carbons (Fsp3) is 0.429. The molecule has 0 saturated carbocycles. The van der Waals surface area contributed by atoms with Gasteiger partial charge < -0.3 is 5.32 Å². The van der Waals surface area contributed by atoms with E-state index in [-0.39, 0.29) is 0 Å². The van der Waals surface area contributed by atoms with Crippen LogP contribution in [0.4, 0.5) is 0 Å². The van der Waals surface area contributed by atoms with E-state index >= 15 is 0 Å². The van der Waals surface area contributed by atoms with Crippen LogP contribution in [0.1, 0.15) is 24.2 Å². The van der Waals surface area contributed by atoms with Gasteiger partial charge in [-0.2, -0.15) is 5.10 Å². The van der Waals surface area contributed by atoms with Crippen molar-refractivity contribution in [2.45, 2.75) is 19.3 Å². The number of likely N-dealkylation sites (N-methyl/N-ethyl adjacent to an activating group) is 1. The van der Waals surface area contributed by atoms with Gasteiger partial charge in [-0.05, 0) is 24.2 Å². The van der Waals surface area contributed by atoms with Gasteiger partial charge in [0.1, 0.15) is 12.2 Å². The molecule has 4 nitrogen and oxygen atoms in total. The number of nitrogens with zero attached hydrogens (tertiary/aromatic N) is 3. The van der Waals surface area contributed by atoms with Gasteiger partial charge in [0.25, 0.3) is 0 Å². The standard InChI is InChI=1S/C14H19ClN4/c1-3-16-9-12(8-14-17-10-18-19(14)2)11-4-6-13(15)7-5-11/h4-7,10,12,16H,3,8-9H2,1-2H3. The number of hydrogen-bond donors (Lipinski definition) is 1. The highest BCUT2D eigenvalue weighted by molar-refractivity contribution is 6.30. The van der Waals surface area contributed by atoms with Crippen LogP contribution in [0.2, 0.25) is 5.02 Å². The number of aryl methyl sites for hydroxylation is 1. The van der Waals surface area contributed by atoms with Crippen molar-refractivity contribution in [3.8, 4) is 0 Å². The molecule has 1 N–H and O–H groups in total. The second kappa shape index (κ2) is 6.68. The molecule has 19 heavy (non-hydrogen) atoms. The predicted molar refractivity (Wildman–Crippen MR) is 77.4 cm³/mol. The lowest BCUT2D eigenvalue weighted by Crippen LogP contribution is -2.23. The van der Waals surface area contributed by atoms with Crippen molar-refractivity contribution in [3.05, 3.63) is 47.0 Å². The topological polar surface area (TPSA) is 42.7 Å². The highest BCUT2D eigenvalue weighted by Gasteiger charge is 2.14. The van der Waals surface area contributed by atoms with Crippen molar-refractivity contribution in [3.63, 3.8) is 0 Å². The summed E-state index contributed by atoms with van der Waals surface area (Å²) in [5.74, 6) is 1.37. The lowest BCUT2D eigenvalue weighted by atomic mass is 9.95. The first-order valence-corrected chi connectivity index (χ1v) is 6.87. The molecule has 1 unspecified atom stereocenters. The van der Waals surface area contributed by atoms with Crippen LogP contribution in [0.15, 0.2) is 30.6 Å². The molecule has 0 amide bonds. The lowest BCUT2D eigenvalue weighted by molar-refractivity contribution is 0.563. The molecule has 102 valence electrons. The van der Waals surface area contributed by atoms with Crippen molar-refractivity contribution in [2.75, 3.05) is 13.1 Å². The third-order valence-corrected chi connectivity index (χ3v) is 3.47. The van der Waals surface area contributed by atoms with E-state index in [0.717, 1.165) is 30.4 Å². The molecule has 0 aliphatic carbocycles. The summed E-state index contributed by atoms with van der Waals surface area (Å²) in [6.07, 6.45) is 2.46. The fourth-order valence-electron chi connectivity index (χ4n) is 2.09. The first-order valence-electron chi connectivity index (χ1n) is 6.49. The van der Waals surface area contributed by atoms with E-state index < -0.39 is 0 Å². The zero-order valence-electron chi connectivity index (χ0n) is 11.3. The van der Waals surface area contributed by atoms with Gasteiger partial charge in [0.15, 0.2) is 0 Å². The Balaban J connectivity index is 2.15. The third-order valence-electron chi connectivity index (χ3n) is 3.22. The number of halogens is 1. The molecule has 0 fully saturated rings. The molecule has 5 heteroatoms. The Labute approximate surface area is 118 Å². The summed E-state index contributed by atoms with van der Waals surface area (Å²) >= 11 is 5.95. The Kier molecular flexibility index (Phi) is 4.93. The SMILES string of the molecule is CCNCC(Cc1ncnn1C)c1ccc(Cl)cc1. The van der Waals surface area contributed by atoms with E-state index in [1.54, 1.807) is 6.33 Å². The van der Waals surface area contributed by atoms with Crippen molar-refractivity contribution in [2.24, 2.45) is 7.05 Å². The molecular formula is C14H19ClN4. The molecule has 0 radical (unpaired) electrons. The molecule has 2 rings (SSSR count). The number of rotatable bonds is 6.